The second-order valence-corrected chi connectivity index (χ2v) is 5.80. The zero-order valence-electron chi connectivity index (χ0n) is 11.7. The normalized spacial score (nSPS) is 21.3. The summed E-state index contributed by atoms with van der Waals surface area (Å²) < 4.78 is 18.4. The van der Waals surface area contributed by atoms with Gasteiger partial charge in [-0.05, 0) is 38.0 Å². The number of hydrogen-bond donors (Lipinski definition) is 1. The second-order valence-electron chi connectivity index (χ2n) is 5.80. The Bertz CT molecular complexity index is 405. The Morgan fingerprint density at radius 1 is 1.37 bits per heavy atom. The molecule has 1 saturated heterocycles. The van der Waals surface area contributed by atoms with Gasteiger partial charge in [-0.15, -0.1) is 0 Å². The predicted octanol–water partition coefficient (Wildman–Crippen LogP) is 2.33. The number of rotatable bonds is 4. The minimum atomic E-state index is -0.217. The first kappa shape index (κ1) is 14.4. The summed E-state index contributed by atoms with van der Waals surface area (Å²) in [6.45, 7) is 7.82. The Morgan fingerprint density at radius 2 is 2.05 bits per heavy atom. The summed E-state index contributed by atoms with van der Waals surface area (Å²) in [7, 11) is 0. The minimum Gasteiger partial charge on any atom is -0.378 e. The average Bonchev–Trinajstić information content (AvgIpc) is 2.37. The van der Waals surface area contributed by atoms with Gasteiger partial charge in [-0.25, -0.2) is 4.39 Å². The Hall–Kier alpha value is -0.970. The molecule has 1 aromatic rings. The van der Waals surface area contributed by atoms with Crippen molar-refractivity contribution in [2.24, 2.45) is 5.73 Å². The third-order valence-corrected chi connectivity index (χ3v) is 3.83. The smallest absolute Gasteiger partial charge is 0.123 e. The van der Waals surface area contributed by atoms with E-state index < -0.39 is 0 Å². The van der Waals surface area contributed by atoms with Crippen molar-refractivity contribution in [2.45, 2.75) is 31.8 Å². The first-order valence-electron chi connectivity index (χ1n) is 6.83. The van der Waals surface area contributed by atoms with E-state index in [0.29, 0.717) is 0 Å². The van der Waals surface area contributed by atoms with Crippen LogP contribution in [0.2, 0.25) is 0 Å². The zero-order chi connectivity index (χ0) is 13.9. The molecule has 1 atom stereocenters. The lowest BCUT2D eigenvalue weighted by Crippen LogP contribution is -2.53. The lowest BCUT2D eigenvalue weighted by Gasteiger charge is -2.42. The van der Waals surface area contributed by atoms with Crippen molar-refractivity contribution in [3.8, 4) is 0 Å². The van der Waals surface area contributed by atoms with Crippen molar-refractivity contribution in [2.75, 3.05) is 26.3 Å². The third-order valence-electron chi connectivity index (χ3n) is 3.83. The summed E-state index contributed by atoms with van der Waals surface area (Å²) in [5.41, 5.74) is 7.23. The molecule has 0 spiro atoms. The molecule has 3 nitrogen and oxygen atoms in total. The molecular formula is C15H23FN2O. The summed E-state index contributed by atoms with van der Waals surface area (Å²) in [5.74, 6) is -0.217. The van der Waals surface area contributed by atoms with E-state index in [0.717, 1.165) is 38.3 Å². The number of ether oxygens (including phenoxy) is 1. The van der Waals surface area contributed by atoms with Gasteiger partial charge in [0.25, 0.3) is 0 Å². The van der Waals surface area contributed by atoms with E-state index in [1.54, 1.807) is 12.1 Å². The number of hydrogen-bond acceptors (Lipinski definition) is 3. The van der Waals surface area contributed by atoms with Gasteiger partial charge in [-0.2, -0.15) is 0 Å². The lowest BCUT2D eigenvalue weighted by atomic mass is 9.99. The SMILES string of the molecule is CC1(C)COCCN1CCC(N)c1ccc(F)cc1. The van der Waals surface area contributed by atoms with Crippen LogP contribution in [0, 0.1) is 5.82 Å². The first-order valence-corrected chi connectivity index (χ1v) is 6.83. The van der Waals surface area contributed by atoms with Gasteiger partial charge in [-0.3, -0.25) is 4.90 Å². The van der Waals surface area contributed by atoms with Crippen LogP contribution < -0.4 is 5.73 Å². The Kier molecular flexibility index (Phi) is 4.55. The van der Waals surface area contributed by atoms with E-state index in [9.17, 15) is 4.39 Å². The van der Waals surface area contributed by atoms with Gasteiger partial charge in [0, 0.05) is 24.7 Å². The maximum Gasteiger partial charge on any atom is 0.123 e. The summed E-state index contributed by atoms with van der Waals surface area (Å²) in [4.78, 5) is 2.42. The first-order chi connectivity index (χ1) is 8.99. The third kappa shape index (κ3) is 3.75. The van der Waals surface area contributed by atoms with Gasteiger partial charge in [0.05, 0.1) is 13.2 Å². The maximum atomic E-state index is 12.9. The van der Waals surface area contributed by atoms with Crippen LogP contribution in [0.4, 0.5) is 4.39 Å². The monoisotopic (exact) mass is 266 g/mol. The molecule has 1 fully saturated rings. The molecule has 0 amide bonds. The molecule has 106 valence electrons. The molecule has 4 heteroatoms. The largest absolute Gasteiger partial charge is 0.378 e. The molecule has 0 bridgehead atoms. The highest BCUT2D eigenvalue weighted by Crippen LogP contribution is 2.22. The van der Waals surface area contributed by atoms with Crippen LogP contribution in [0.1, 0.15) is 31.9 Å². The van der Waals surface area contributed by atoms with Crippen LogP contribution in [-0.2, 0) is 4.74 Å². The Labute approximate surface area is 114 Å². The fourth-order valence-electron chi connectivity index (χ4n) is 2.48. The van der Waals surface area contributed by atoms with Crippen molar-refractivity contribution >= 4 is 0 Å². The van der Waals surface area contributed by atoms with E-state index in [2.05, 4.69) is 18.7 Å². The molecule has 2 N–H and O–H groups in total. The van der Waals surface area contributed by atoms with Gasteiger partial charge in [0.2, 0.25) is 0 Å². The number of nitrogens with two attached hydrogens (primary N) is 1. The summed E-state index contributed by atoms with van der Waals surface area (Å²) in [6, 6.07) is 6.43. The number of benzene rings is 1. The lowest BCUT2D eigenvalue weighted by molar-refractivity contribution is -0.0517. The van der Waals surface area contributed by atoms with E-state index in [1.807, 2.05) is 0 Å². The van der Waals surface area contributed by atoms with Gasteiger partial charge in [0.1, 0.15) is 5.82 Å². The van der Waals surface area contributed by atoms with Gasteiger partial charge in [-0.1, -0.05) is 12.1 Å². The second kappa shape index (κ2) is 5.99. The Balaban J connectivity index is 1.89. The molecule has 0 aromatic heterocycles. The van der Waals surface area contributed by atoms with Crippen LogP contribution in [0.5, 0.6) is 0 Å². The molecule has 0 radical (unpaired) electrons. The Morgan fingerprint density at radius 3 is 2.68 bits per heavy atom. The predicted molar refractivity (Wildman–Crippen MR) is 74.4 cm³/mol. The van der Waals surface area contributed by atoms with Crippen LogP contribution in [0.3, 0.4) is 0 Å². The van der Waals surface area contributed by atoms with Crippen LogP contribution in [0.25, 0.3) is 0 Å². The topological polar surface area (TPSA) is 38.5 Å². The average molecular weight is 266 g/mol. The standard InChI is InChI=1S/C15H23FN2O/c1-15(2)11-19-10-9-18(15)8-7-14(17)12-3-5-13(16)6-4-12/h3-6,14H,7-11,17H2,1-2H3. The molecule has 1 heterocycles. The van der Waals surface area contributed by atoms with Crippen LogP contribution in [-0.4, -0.2) is 36.7 Å². The summed E-state index contributed by atoms with van der Waals surface area (Å²) >= 11 is 0. The van der Waals surface area contributed by atoms with Crippen LogP contribution >= 0.6 is 0 Å². The summed E-state index contributed by atoms with van der Waals surface area (Å²) in [5, 5.41) is 0. The minimum absolute atomic E-state index is 0.0424. The van der Waals surface area contributed by atoms with E-state index in [1.165, 1.54) is 12.1 Å². The van der Waals surface area contributed by atoms with Crippen molar-refractivity contribution in [1.82, 2.24) is 4.90 Å². The maximum absolute atomic E-state index is 12.9. The zero-order valence-corrected chi connectivity index (χ0v) is 11.7. The molecule has 1 aliphatic heterocycles. The molecular weight excluding hydrogens is 243 g/mol. The van der Waals surface area contributed by atoms with E-state index in [-0.39, 0.29) is 17.4 Å². The molecule has 2 rings (SSSR count). The highest BCUT2D eigenvalue weighted by molar-refractivity contribution is 5.19. The van der Waals surface area contributed by atoms with Crippen molar-refractivity contribution < 1.29 is 9.13 Å². The van der Waals surface area contributed by atoms with Crippen molar-refractivity contribution in [3.05, 3.63) is 35.6 Å². The molecule has 1 aliphatic rings. The summed E-state index contributed by atoms with van der Waals surface area (Å²) in [6.07, 6.45) is 0.870. The fraction of sp³-hybridized carbons (Fsp3) is 0.600. The van der Waals surface area contributed by atoms with Crippen molar-refractivity contribution in [3.63, 3.8) is 0 Å². The quantitative estimate of drug-likeness (QED) is 0.909. The highest BCUT2D eigenvalue weighted by Gasteiger charge is 2.30. The van der Waals surface area contributed by atoms with Crippen LogP contribution in [0.15, 0.2) is 24.3 Å². The number of halogens is 1. The fourth-order valence-corrected chi connectivity index (χ4v) is 2.48. The highest BCUT2D eigenvalue weighted by atomic mass is 19.1. The molecule has 0 aliphatic carbocycles. The molecule has 19 heavy (non-hydrogen) atoms. The van der Waals surface area contributed by atoms with Crippen molar-refractivity contribution in [1.29, 1.82) is 0 Å². The molecule has 1 aromatic carbocycles. The molecule has 1 unspecified atom stereocenters. The molecule has 0 saturated carbocycles. The van der Waals surface area contributed by atoms with E-state index in [4.69, 9.17) is 10.5 Å². The van der Waals surface area contributed by atoms with Gasteiger partial charge in [0.15, 0.2) is 0 Å². The van der Waals surface area contributed by atoms with E-state index >= 15 is 0 Å². The van der Waals surface area contributed by atoms with Gasteiger partial charge >= 0.3 is 0 Å². The van der Waals surface area contributed by atoms with Gasteiger partial charge < -0.3 is 10.5 Å². The number of nitrogens with zero attached hydrogens (tertiary/aromatic N) is 1. The number of morpholine rings is 1.